The molecule has 0 radical (unpaired) electrons. The number of thiazole rings is 1. The second-order valence-electron chi connectivity index (χ2n) is 5.90. The first kappa shape index (κ1) is 21.8. The Balaban J connectivity index is 1.76. The van der Waals surface area contributed by atoms with Gasteiger partial charge < -0.3 is 0 Å². The van der Waals surface area contributed by atoms with Crippen LogP contribution in [-0.4, -0.2) is 25.1 Å². The van der Waals surface area contributed by atoms with Crippen LogP contribution in [0.2, 0.25) is 0 Å². The first-order valence-electron chi connectivity index (χ1n) is 8.05. The number of sulfone groups is 1. The van der Waals surface area contributed by atoms with Gasteiger partial charge in [-0.05, 0) is 36.4 Å². The van der Waals surface area contributed by atoms with Gasteiger partial charge >= 0.3 is 11.9 Å². The Morgan fingerprint density at radius 2 is 1.73 bits per heavy atom. The van der Waals surface area contributed by atoms with Crippen molar-refractivity contribution in [2.75, 3.05) is 5.32 Å². The number of carbonyl (C=O) groups is 1. The minimum Gasteiger partial charge on any atom is -0.298 e. The van der Waals surface area contributed by atoms with E-state index in [1.807, 2.05) is 0 Å². The van der Waals surface area contributed by atoms with Gasteiger partial charge in [-0.2, -0.15) is 22.0 Å². The molecule has 0 fully saturated rings. The summed E-state index contributed by atoms with van der Waals surface area (Å²) in [5, 5.41) is 3.98. The van der Waals surface area contributed by atoms with Crippen molar-refractivity contribution in [3.63, 3.8) is 0 Å². The summed E-state index contributed by atoms with van der Waals surface area (Å²) < 4.78 is 86.4. The number of carbonyl (C=O) groups excluding carboxylic acids is 1. The Bertz CT molecular complexity index is 1170. The number of rotatable bonds is 5. The molecule has 1 aromatic heterocycles. The van der Waals surface area contributed by atoms with Crippen LogP contribution in [-0.2, 0) is 16.0 Å². The lowest BCUT2D eigenvalue weighted by atomic mass is 10.1. The summed E-state index contributed by atoms with van der Waals surface area (Å²) in [6.45, 7) is 0. The van der Waals surface area contributed by atoms with Crippen LogP contribution in [0.25, 0.3) is 11.3 Å². The Morgan fingerprint density at radius 3 is 2.33 bits per heavy atom. The fourth-order valence-corrected chi connectivity index (χ4v) is 3.82. The maximum absolute atomic E-state index is 12.8. The zero-order valence-electron chi connectivity index (χ0n) is 14.7. The molecule has 3 rings (SSSR count). The van der Waals surface area contributed by atoms with Gasteiger partial charge in [0.05, 0.1) is 16.2 Å². The van der Waals surface area contributed by atoms with E-state index in [9.17, 15) is 35.2 Å². The number of halogens is 5. The highest BCUT2D eigenvalue weighted by Gasteiger charge is 2.30. The molecule has 12 heteroatoms. The predicted octanol–water partition coefficient (Wildman–Crippen LogP) is 5.08. The smallest absolute Gasteiger partial charge is 0.298 e. The summed E-state index contributed by atoms with van der Waals surface area (Å²) in [4.78, 5) is 15.7. The molecular formula is C18H11F5N2O3S2. The minimum absolute atomic E-state index is 0.0148. The number of nitrogens with zero attached hydrogens (tertiary/aromatic N) is 1. The van der Waals surface area contributed by atoms with Gasteiger partial charge in [0, 0.05) is 16.5 Å². The Labute approximate surface area is 171 Å². The summed E-state index contributed by atoms with van der Waals surface area (Å²) in [6.07, 6.45) is -4.51. The molecule has 3 aromatic rings. The van der Waals surface area contributed by atoms with Crippen molar-refractivity contribution < 1.29 is 35.2 Å². The third-order valence-corrected chi connectivity index (χ3v) is 6.05. The van der Waals surface area contributed by atoms with E-state index < -0.39 is 38.1 Å². The average molecular weight is 462 g/mol. The van der Waals surface area contributed by atoms with Crippen molar-refractivity contribution in [3.8, 4) is 11.3 Å². The molecule has 0 spiro atoms. The van der Waals surface area contributed by atoms with Crippen LogP contribution in [0.4, 0.5) is 27.1 Å². The molecule has 5 nitrogen and oxygen atoms in total. The Morgan fingerprint density at radius 1 is 1.07 bits per heavy atom. The molecule has 30 heavy (non-hydrogen) atoms. The molecule has 2 aromatic carbocycles. The molecule has 158 valence electrons. The normalized spacial score (nSPS) is 12.2. The first-order chi connectivity index (χ1) is 14.0. The van der Waals surface area contributed by atoms with Gasteiger partial charge in [-0.3, -0.25) is 10.1 Å². The van der Waals surface area contributed by atoms with E-state index in [-0.39, 0.29) is 22.0 Å². The van der Waals surface area contributed by atoms with Gasteiger partial charge in [-0.1, -0.05) is 12.1 Å². The van der Waals surface area contributed by atoms with Crippen LogP contribution in [0.3, 0.4) is 0 Å². The first-order valence-corrected chi connectivity index (χ1v) is 10.5. The highest BCUT2D eigenvalue weighted by Crippen LogP contribution is 2.33. The van der Waals surface area contributed by atoms with Crippen LogP contribution in [0, 0.1) is 0 Å². The van der Waals surface area contributed by atoms with Crippen molar-refractivity contribution in [1.82, 2.24) is 4.98 Å². The monoisotopic (exact) mass is 462 g/mol. The molecule has 0 saturated heterocycles. The lowest BCUT2D eigenvalue weighted by Crippen LogP contribution is -2.14. The molecule has 0 saturated carbocycles. The number of nitrogens with one attached hydrogen (secondary N) is 1. The lowest BCUT2D eigenvalue weighted by molar-refractivity contribution is -0.137. The fraction of sp³-hybridized carbons (Fsp3) is 0.111. The SMILES string of the molecule is O=C(Nc1nc(-c2cccc(C(F)(F)F)c2)cs1)c1ccc(S(=O)(=O)C(F)F)cc1. The molecule has 1 heterocycles. The van der Waals surface area contributed by atoms with E-state index in [0.29, 0.717) is 0 Å². The van der Waals surface area contributed by atoms with Gasteiger partial charge in [0.25, 0.3) is 5.91 Å². The number of hydrogen-bond acceptors (Lipinski definition) is 5. The van der Waals surface area contributed by atoms with Gasteiger partial charge in [-0.15, -0.1) is 11.3 Å². The highest BCUT2D eigenvalue weighted by atomic mass is 32.2. The van der Waals surface area contributed by atoms with E-state index in [1.165, 1.54) is 17.5 Å². The predicted molar refractivity (Wildman–Crippen MR) is 100 cm³/mol. The van der Waals surface area contributed by atoms with E-state index >= 15 is 0 Å². The zero-order chi connectivity index (χ0) is 22.1. The van der Waals surface area contributed by atoms with Crippen LogP contribution in [0.5, 0.6) is 0 Å². The highest BCUT2D eigenvalue weighted by molar-refractivity contribution is 7.91. The molecule has 1 amide bonds. The van der Waals surface area contributed by atoms with Crippen molar-refractivity contribution >= 4 is 32.2 Å². The van der Waals surface area contributed by atoms with Crippen molar-refractivity contribution in [1.29, 1.82) is 0 Å². The van der Waals surface area contributed by atoms with Crippen molar-refractivity contribution in [2.45, 2.75) is 16.8 Å². The average Bonchev–Trinajstić information content (AvgIpc) is 3.16. The summed E-state index contributed by atoms with van der Waals surface area (Å²) in [7, 11) is -4.78. The molecule has 0 bridgehead atoms. The second-order valence-corrected chi connectivity index (χ2v) is 8.68. The largest absolute Gasteiger partial charge is 0.416 e. The molecule has 0 unspecified atom stereocenters. The summed E-state index contributed by atoms with van der Waals surface area (Å²) >= 11 is 0.973. The summed E-state index contributed by atoms with van der Waals surface area (Å²) in [5.41, 5.74) is -0.417. The van der Waals surface area contributed by atoms with Gasteiger partial charge in [0.1, 0.15) is 0 Å². The molecule has 1 N–H and O–H groups in total. The zero-order valence-corrected chi connectivity index (χ0v) is 16.3. The lowest BCUT2D eigenvalue weighted by Gasteiger charge is -2.07. The van der Waals surface area contributed by atoms with Gasteiger partial charge in [0.2, 0.25) is 9.84 Å². The number of amides is 1. The van der Waals surface area contributed by atoms with Crippen LogP contribution in [0.1, 0.15) is 15.9 Å². The molecule has 0 atom stereocenters. The third kappa shape index (κ3) is 4.65. The van der Waals surface area contributed by atoms with Crippen LogP contribution >= 0.6 is 11.3 Å². The standard InChI is InChI=1S/C18H11F5N2O3S2/c19-16(20)30(27,28)13-6-4-10(5-7-13)15(26)25-17-24-14(9-29-17)11-2-1-3-12(8-11)18(21,22)23/h1-9,16H,(H,24,25,26). The van der Waals surface area contributed by atoms with Gasteiger partial charge in [-0.25, -0.2) is 13.4 Å². The fourth-order valence-electron chi connectivity index (χ4n) is 2.39. The number of benzene rings is 2. The number of hydrogen-bond donors (Lipinski definition) is 1. The Hall–Kier alpha value is -2.86. The number of alkyl halides is 5. The van der Waals surface area contributed by atoms with E-state index in [2.05, 4.69) is 10.3 Å². The topological polar surface area (TPSA) is 76.1 Å². The third-order valence-electron chi connectivity index (χ3n) is 3.89. The second kappa shape index (κ2) is 8.11. The number of aromatic nitrogens is 1. The van der Waals surface area contributed by atoms with E-state index in [4.69, 9.17) is 0 Å². The molecule has 0 aliphatic heterocycles. The minimum atomic E-state index is -4.78. The van der Waals surface area contributed by atoms with E-state index in [0.717, 1.165) is 47.7 Å². The summed E-state index contributed by atoms with van der Waals surface area (Å²) in [5.74, 6) is -4.28. The maximum atomic E-state index is 12.8. The van der Waals surface area contributed by atoms with E-state index in [1.54, 1.807) is 0 Å². The van der Waals surface area contributed by atoms with Gasteiger partial charge in [0.15, 0.2) is 5.13 Å². The Kier molecular flexibility index (Phi) is 5.90. The maximum Gasteiger partial charge on any atom is 0.416 e. The van der Waals surface area contributed by atoms with Crippen LogP contribution in [0.15, 0.2) is 58.8 Å². The quantitative estimate of drug-likeness (QED) is 0.537. The molecular weight excluding hydrogens is 451 g/mol. The number of anilines is 1. The van der Waals surface area contributed by atoms with Crippen molar-refractivity contribution in [2.24, 2.45) is 0 Å². The molecule has 0 aliphatic carbocycles. The van der Waals surface area contributed by atoms with Crippen LogP contribution < -0.4 is 5.32 Å². The summed E-state index contributed by atoms with van der Waals surface area (Å²) in [6, 6.07) is 8.43. The van der Waals surface area contributed by atoms with Crippen molar-refractivity contribution in [3.05, 3.63) is 65.0 Å². The molecule has 0 aliphatic rings.